The summed E-state index contributed by atoms with van der Waals surface area (Å²) in [4.78, 5) is 33.5. The standard InChI is InChI=1S/C18H16N2O4/c1-23-20-15(17(22)18-19-8-9-24-18)11-16(21)14-7-6-12-4-2-3-5-13(12)10-14/h2-10,15,20H,11H2,1H3. The summed E-state index contributed by atoms with van der Waals surface area (Å²) >= 11 is 0. The summed E-state index contributed by atoms with van der Waals surface area (Å²) in [5.41, 5.74) is 3.08. The minimum Gasteiger partial charge on any atom is -0.442 e. The lowest BCUT2D eigenvalue weighted by atomic mass is 9.99. The molecule has 1 aromatic heterocycles. The number of oxazole rings is 1. The minimum atomic E-state index is -0.868. The van der Waals surface area contributed by atoms with Crippen LogP contribution in [0.4, 0.5) is 0 Å². The van der Waals surface area contributed by atoms with E-state index in [1.807, 2.05) is 36.4 Å². The molecule has 0 spiro atoms. The fraction of sp³-hybridized carbons (Fsp3) is 0.167. The summed E-state index contributed by atoms with van der Waals surface area (Å²) in [6, 6.07) is 12.4. The minimum absolute atomic E-state index is 0.0594. The first-order valence-electron chi connectivity index (χ1n) is 7.43. The molecule has 0 amide bonds. The Bertz CT molecular complexity index is 858. The molecule has 0 aliphatic rings. The lowest BCUT2D eigenvalue weighted by molar-refractivity contribution is 0.0455. The van der Waals surface area contributed by atoms with E-state index >= 15 is 0 Å². The zero-order chi connectivity index (χ0) is 16.9. The third kappa shape index (κ3) is 3.40. The Kier molecular flexibility index (Phi) is 4.79. The van der Waals surface area contributed by atoms with Crippen molar-refractivity contribution in [3.63, 3.8) is 0 Å². The molecule has 122 valence electrons. The second-order valence-electron chi connectivity index (χ2n) is 5.27. The van der Waals surface area contributed by atoms with Crippen LogP contribution in [0.2, 0.25) is 0 Å². The number of hydrogen-bond acceptors (Lipinski definition) is 6. The molecule has 0 saturated heterocycles. The maximum Gasteiger partial charge on any atom is 0.264 e. The number of benzene rings is 2. The van der Waals surface area contributed by atoms with Crippen LogP contribution >= 0.6 is 0 Å². The molecule has 3 aromatic rings. The van der Waals surface area contributed by atoms with Crippen molar-refractivity contribution >= 4 is 22.3 Å². The Hall–Kier alpha value is -2.83. The number of hydroxylamine groups is 1. The van der Waals surface area contributed by atoms with E-state index in [0.29, 0.717) is 5.56 Å². The first-order valence-corrected chi connectivity index (χ1v) is 7.43. The molecule has 2 aromatic carbocycles. The van der Waals surface area contributed by atoms with E-state index in [0.717, 1.165) is 10.8 Å². The quantitative estimate of drug-likeness (QED) is 0.531. The summed E-state index contributed by atoms with van der Waals surface area (Å²) in [5, 5.41) is 2.02. The van der Waals surface area contributed by atoms with Gasteiger partial charge in [-0.05, 0) is 16.8 Å². The third-order valence-corrected chi connectivity index (χ3v) is 3.68. The molecule has 0 aliphatic heterocycles. The number of carbonyl (C=O) groups excluding carboxylic acids is 2. The Morgan fingerprint density at radius 2 is 2.00 bits per heavy atom. The molecule has 0 fully saturated rings. The summed E-state index contributed by atoms with van der Waals surface area (Å²) in [7, 11) is 1.39. The largest absolute Gasteiger partial charge is 0.442 e. The van der Waals surface area contributed by atoms with E-state index in [9.17, 15) is 9.59 Å². The van der Waals surface area contributed by atoms with Crippen LogP contribution in [0.25, 0.3) is 10.8 Å². The summed E-state index contributed by atoms with van der Waals surface area (Å²) in [6.45, 7) is 0. The van der Waals surface area contributed by atoms with Crippen molar-refractivity contribution in [1.82, 2.24) is 10.5 Å². The van der Waals surface area contributed by atoms with Gasteiger partial charge in [0, 0.05) is 12.0 Å². The van der Waals surface area contributed by atoms with Gasteiger partial charge in [0.2, 0.25) is 5.78 Å². The molecule has 1 atom stereocenters. The van der Waals surface area contributed by atoms with Crippen molar-refractivity contribution in [3.05, 3.63) is 66.4 Å². The molecule has 0 bridgehead atoms. The number of carbonyl (C=O) groups is 2. The average Bonchev–Trinajstić information content (AvgIpc) is 3.15. The molecule has 1 heterocycles. The Morgan fingerprint density at radius 1 is 1.21 bits per heavy atom. The Balaban J connectivity index is 1.80. The maximum atomic E-state index is 12.5. The van der Waals surface area contributed by atoms with Crippen molar-refractivity contribution in [1.29, 1.82) is 0 Å². The van der Waals surface area contributed by atoms with Crippen LogP contribution in [-0.2, 0) is 4.84 Å². The number of hydrogen-bond donors (Lipinski definition) is 1. The van der Waals surface area contributed by atoms with Crippen LogP contribution in [0.15, 0.2) is 59.3 Å². The van der Waals surface area contributed by atoms with E-state index in [1.54, 1.807) is 6.07 Å². The highest BCUT2D eigenvalue weighted by molar-refractivity contribution is 6.05. The molecule has 0 aliphatic carbocycles. The van der Waals surface area contributed by atoms with Gasteiger partial charge in [0.15, 0.2) is 5.78 Å². The van der Waals surface area contributed by atoms with E-state index in [4.69, 9.17) is 9.25 Å². The van der Waals surface area contributed by atoms with Gasteiger partial charge >= 0.3 is 0 Å². The van der Waals surface area contributed by atoms with E-state index < -0.39 is 11.8 Å². The molecule has 6 nitrogen and oxygen atoms in total. The number of rotatable bonds is 7. The third-order valence-electron chi connectivity index (χ3n) is 3.68. The fourth-order valence-corrected chi connectivity index (χ4v) is 2.49. The molecular formula is C18H16N2O4. The van der Waals surface area contributed by atoms with Crippen LogP contribution in [-0.4, -0.2) is 29.7 Å². The lowest BCUT2D eigenvalue weighted by Crippen LogP contribution is -2.38. The Labute approximate surface area is 138 Å². The molecular weight excluding hydrogens is 308 g/mol. The molecule has 0 saturated carbocycles. The highest BCUT2D eigenvalue weighted by Crippen LogP contribution is 2.18. The molecule has 1 N–H and O–H groups in total. The average molecular weight is 324 g/mol. The zero-order valence-electron chi connectivity index (χ0n) is 13.1. The first-order chi connectivity index (χ1) is 11.7. The van der Waals surface area contributed by atoms with Gasteiger partial charge in [-0.25, -0.2) is 4.98 Å². The highest BCUT2D eigenvalue weighted by Gasteiger charge is 2.26. The van der Waals surface area contributed by atoms with Gasteiger partial charge in [-0.1, -0.05) is 36.4 Å². The molecule has 3 rings (SSSR count). The van der Waals surface area contributed by atoms with Gasteiger partial charge in [0.25, 0.3) is 5.89 Å². The lowest BCUT2D eigenvalue weighted by Gasteiger charge is -2.13. The topological polar surface area (TPSA) is 81.4 Å². The SMILES string of the molecule is CONC(CC(=O)c1ccc2ccccc2c1)C(=O)c1ncco1. The second-order valence-corrected chi connectivity index (χ2v) is 5.27. The van der Waals surface area contributed by atoms with Gasteiger partial charge < -0.3 is 9.25 Å². The zero-order valence-corrected chi connectivity index (χ0v) is 13.1. The van der Waals surface area contributed by atoms with Crippen molar-refractivity contribution < 1.29 is 18.8 Å². The van der Waals surface area contributed by atoms with Crippen LogP contribution in [0, 0.1) is 0 Å². The van der Waals surface area contributed by atoms with Crippen molar-refractivity contribution in [3.8, 4) is 0 Å². The van der Waals surface area contributed by atoms with E-state index in [2.05, 4.69) is 10.5 Å². The number of Topliss-reactive ketones (excluding diaryl/α,β-unsaturated/α-hetero) is 2. The summed E-state index contributed by atoms with van der Waals surface area (Å²) < 4.78 is 5.00. The number of ketones is 2. The van der Waals surface area contributed by atoms with Gasteiger partial charge in [-0.3, -0.25) is 9.59 Å². The van der Waals surface area contributed by atoms with Crippen LogP contribution in [0.1, 0.15) is 27.5 Å². The summed E-state index contributed by atoms with van der Waals surface area (Å²) in [6.07, 6.45) is 2.62. The van der Waals surface area contributed by atoms with Crippen LogP contribution in [0.3, 0.4) is 0 Å². The normalized spacial score (nSPS) is 12.2. The van der Waals surface area contributed by atoms with Gasteiger partial charge in [-0.2, -0.15) is 5.48 Å². The summed E-state index contributed by atoms with van der Waals surface area (Å²) in [5.74, 6) is -0.665. The smallest absolute Gasteiger partial charge is 0.264 e. The molecule has 1 unspecified atom stereocenters. The monoisotopic (exact) mass is 324 g/mol. The number of fused-ring (bicyclic) bond motifs is 1. The predicted molar refractivity (Wildman–Crippen MR) is 87.7 cm³/mol. The Morgan fingerprint density at radius 3 is 2.71 bits per heavy atom. The molecule has 6 heteroatoms. The van der Waals surface area contributed by atoms with Crippen molar-refractivity contribution in [2.24, 2.45) is 0 Å². The van der Waals surface area contributed by atoms with Crippen LogP contribution in [0.5, 0.6) is 0 Å². The van der Waals surface area contributed by atoms with E-state index in [1.165, 1.54) is 19.6 Å². The number of nitrogens with one attached hydrogen (secondary N) is 1. The first kappa shape index (κ1) is 16.0. The van der Waals surface area contributed by atoms with Gasteiger partial charge in [0.1, 0.15) is 12.3 Å². The number of nitrogens with zero attached hydrogens (tertiary/aromatic N) is 1. The van der Waals surface area contributed by atoms with Crippen LogP contribution < -0.4 is 5.48 Å². The van der Waals surface area contributed by atoms with Crippen molar-refractivity contribution in [2.45, 2.75) is 12.5 Å². The highest BCUT2D eigenvalue weighted by atomic mass is 16.6. The second kappa shape index (κ2) is 7.16. The molecule has 0 radical (unpaired) electrons. The van der Waals surface area contributed by atoms with Gasteiger partial charge in [-0.15, -0.1) is 0 Å². The fourth-order valence-electron chi connectivity index (χ4n) is 2.49. The molecule has 24 heavy (non-hydrogen) atoms. The number of aromatic nitrogens is 1. The van der Waals surface area contributed by atoms with Gasteiger partial charge in [0.05, 0.1) is 13.3 Å². The van der Waals surface area contributed by atoms with Crippen molar-refractivity contribution in [2.75, 3.05) is 7.11 Å². The predicted octanol–water partition coefficient (Wildman–Crippen LogP) is 2.80. The maximum absolute atomic E-state index is 12.5. The van der Waals surface area contributed by atoms with E-state index in [-0.39, 0.29) is 18.1 Å².